The van der Waals surface area contributed by atoms with Crippen molar-refractivity contribution in [3.63, 3.8) is 0 Å². The van der Waals surface area contributed by atoms with Gasteiger partial charge in [0.05, 0.1) is 0 Å². The molecule has 1 atom stereocenters. The number of hydrogen-bond donors (Lipinski definition) is 2. The van der Waals surface area contributed by atoms with E-state index in [-0.39, 0.29) is 11.9 Å². The van der Waals surface area contributed by atoms with E-state index in [9.17, 15) is 4.79 Å². The predicted octanol–water partition coefficient (Wildman–Crippen LogP) is 3.68. The monoisotopic (exact) mass is 294 g/mol. The van der Waals surface area contributed by atoms with Gasteiger partial charge in [-0.05, 0) is 42.5 Å². The van der Waals surface area contributed by atoms with E-state index in [2.05, 4.69) is 29.7 Å². The molecule has 0 aliphatic heterocycles. The minimum Gasteiger partial charge on any atom is -0.370 e. The second-order valence-corrected chi connectivity index (χ2v) is 5.82. The van der Waals surface area contributed by atoms with E-state index < -0.39 is 0 Å². The topological polar surface area (TPSA) is 41.1 Å². The Kier molecular flexibility index (Phi) is 4.42. The minimum atomic E-state index is -0.353. The summed E-state index contributed by atoms with van der Waals surface area (Å²) in [6.07, 6.45) is 3.21. The standard InChI is InChI=1S/C19H22N2O/c1-2-14-8-10-16(11-9-14)20-18(15-6-4-3-5-7-15)19(22)21-17-12-13-17/h3-11,17-18,20H,2,12-13H2,1H3,(H,21,22)/t18-/m0/s1. The van der Waals surface area contributed by atoms with Gasteiger partial charge in [0.25, 0.3) is 0 Å². The van der Waals surface area contributed by atoms with Crippen LogP contribution in [0.4, 0.5) is 5.69 Å². The summed E-state index contributed by atoms with van der Waals surface area (Å²) in [5.74, 6) is 0.0493. The summed E-state index contributed by atoms with van der Waals surface area (Å²) >= 11 is 0. The zero-order valence-electron chi connectivity index (χ0n) is 12.9. The van der Waals surface area contributed by atoms with Crippen LogP contribution in [0.2, 0.25) is 0 Å². The molecule has 3 rings (SSSR count). The van der Waals surface area contributed by atoms with Crippen molar-refractivity contribution < 1.29 is 4.79 Å². The third-order valence-corrected chi connectivity index (χ3v) is 3.99. The first kappa shape index (κ1) is 14.6. The maximum absolute atomic E-state index is 12.5. The van der Waals surface area contributed by atoms with Gasteiger partial charge in [0.1, 0.15) is 6.04 Å². The molecule has 2 N–H and O–H groups in total. The van der Waals surface area contributed by atoms with Gasteiger partial charge in [-0.15, -0.1) is 0 Å². The predicted molar refractivity (Wildman–Crippen MR) is 89.8 cm³/mol. The Bertz CT molecular complexity index is 618. The van der Waals surface area contributed by atoms with Crippen molar-refractivity contribution >= 4 is 11.6 Å². The van der Waals surface area contributed by atoms with Crippen molar-refractivity contribution in [3.8, 4) is 0 Å². The molecule has 1 saturated carbocycles. The first-order valence-electron chi connectivity index (χ1n) is 7.97. The summed E-state index contributed by atoms with van der Waals surface area (Å²) in [6.45, 7) is 2.14. The van der Waals surface area contributed by atoms with Crippen LogP contribution in [0.3, 0.4) is 0 Å². The number of hydrogen-bond acceptors (Lipinski definition) is 2. The molecular formula is C19H22N2O. The lowest BCUT2D eigenvalue weighted by Crippen LogP contribution is -2.34. The van der Waals surface area contributed by atoms with Crippen molar-refractivity contribution in [1.82, 2.24) is 5.32 Å². The quantitative estimate of drug-likeness (QED) is 0.853. The van der Waals surface area contributed by atoms with E-state index in [1.807, 2.05) is 42.5 Å². The number of rotatable bonds is 6. The molecule has 0 saturated heterocycles. The van der Waals surface area contributed by atoms with Gasteiger partial charge in [-0.25, -0.2) is 0 Å². The molecule has 2 aromatic rings. The zero-order valence-corrected chi connectivity index (χ0v) is 12.9. The molecule has 1 amide bonds. The van der Waals surface area contributed by atoms with Gasteiger partial charge >= 0.3 is 0 Å². The molecule has 2 aromatic carbocycles. The SMILES string of the molecule is CCc1ccc(N[C@H](C(=O)NC2CC2)c2ccccc2)cc1. The molecule has 114 valence electrons. The highest BCUT2D eigenvalue weighted by Crippen LogP contribution is 2.24. The molecule has 0 aromatic heterocycles. The van der Waals surface area contributed by atoms with Crippen molar-refractivity contribution in [2.45, 2.75) is 38.3 Å². The zero-order chi connectivity index (χ0) is 15.4. The van der Waals surface area contributed by atoms with Gasteiger partial charge in [0.2, 0.25) is 5.91 Å². The van der Waals surface area contributed by atoms with Gasteiger partial charge in [-0.3, -0.25) is 4.79 Å². The Morgan fingerprint density at radius 3 is 2.36 bits per heavy atom. The fraction of sp³-hybridized carbons (Fsp3) is 0.316. The first-order valence-corrected chi connectivity index (χ1v) is 7.97. The van der Waals surface area contributed by atoms with Gasteiger partial charge in [0.15, 0.2) is 0 Å². The van der Waals surface area contributed by atoms with Crippen molar-refractivity contribution in [1.29, 1.82) is 0 Å². The van der Waals surface area contributed by atoms with Crippen LogP contribution in [0.5, 0.6) is 0 Å². The molecule has 1 fully saturated rings. The van der Waals surface area contributed by atoms with Gasteiger partial charge in [-0.1, -0.05) is 49.4 Å². The van der Waals surface area contributed by atoms with Crippen LogP contribution in [0.25, 0.3) is 0 Å². The Hall–Kier alpha value is -2.29. The average molecular weight is 294 g/mol. The maximum atomic E-state index is 12.5. The molecule has 0 heterocycles. The molecule has 1 aliphatic carbocycles. The Morgan fingerprint density at radius 1 is 1.09 bits per heavy atom. The lowest BCUT2D eigenvalue weighted by Gasteiger charge is -2.20. The van der Waals surface area contributed by atoms with E-state index in [0.717, 1.165) is 30.5 Å². The smallest absolute Gasteiger partial charge is 0.247 e. The lowest BCUT2D eigenvalue weighted by molar-refractivity contribution is -0.122. The molecule has 0 bridgehead atoms. The molecule has 0 spiro atoms. The van der Waals surface area contributed by atoms with Gasteiger partial charge in [0, 0.05) is 11.7 Å². The average Bonchev–Trinajstić information content (AvgIpc) is 3.38. The van der Waals surface area contributed by atoms with Crippen LogP contribution in [0.15, 0.2) is 54.6 Å². The van der Waals surface area contributed by atoms with Crippen LogP contribution >= 0.6 is 0 Å². The molecule has 0 unspecified atom stereocenters. The summed E-state index contributed by atoms with van der Waals surface area (Å²) in [4.78, 5) is 12.5. The van der Waals surface area contributed by atoms with E-state index >= 15 is 0 Å². The largest absolute Gasteiger partial charge is 0.370 e. The molecule has 22 heavy (non-hydrogen) atoms. The molecule has 1 aliphatic rings. The Labute approximate surface area is 131 Å². The van der Waals surface area contributed by atoms with Gasteiger partial charge in [-0.2, -0.15) is 0 Å². The highest BCUT2D eigenvalue weighted by Gasteiger charge is 2.28. The van der Waals surface area contributed by atoms with Crippen LogP contribution in [-0.4, -0.2) is 11.9 Å². The number of carbonyl (C=O) groups excluding carboxylic acids is 1. The number of amides is 1. The second kappa shape index (κ2) is 6.65. The Morgan fingerprint density at radius 2 is 1.77 bits per heavy atom. The summed E-state index contributed by atoms with van der Waals surface area (Å²) in [5, 5.41) is 6.46. The third kappa shape index (κ3) is 3.67. The van der Waals surface area contributed by atoms with Crippen LogP contribution in [0, 0.1) is 0 Å². The fourth-order valence-corrected chi connectivity index (χ4v) is 2.46. The first-order chi connectivity index (χ1) is 10.8. The van der Waals surface area contributed by atoms with Crippen LogP contribution < -0.4 is 10.6 Å². The molecule has 3 heteroatoms. The summed E-state index contributed by atoms with van der Waals surface area (Å²) in [7, 11) is 0. The molecule has 3 nitrogen and oxygen atoms in total. The molecule has 0 radical (unpaired) electrons. The Balaban J connectivity index is 1.79. The summed E-state index contributed by atoms with van der Waals surface area (Å²) in [5.41, 5.74) is 3.25. The van der Waals surface area contributed by atoms with Crippen LogP contribution in [-0.2, 0) is 11.2 Å². The summed E-state index contributed by atoms with van der Waals surface area (Å²) < 4.78 is 0. The molecular weight excluding hydrogens is 272 g/mol. The van der Waals surface area contributed by atoms with Crippen molar-refractivity contribution in [3.05, 3.63) is 65.7 Å². The van der Waals surface area contributed by atoms with Crippen molar-refractivity contribution in [2.24, 2.45) is 0 Å². The number of carbonyl (C=O) groups is 1. The van der Waals surface area contributed by atoms with E-state index in [0.29, 0.717) is 6.04 Å². The van der Waals surface area contributed by atoms with E-state index in [1.165, 1.54) is 5.56 Å². The lowest BCUT2D eigenvalue weighted by atomic mass is 10.1. The number of aryl methyl sites for hydroxylation is 1. The normalized spacial score (nSPS) is 15.1. The van der Waals surface area contributed by atoms with E-state index in [1.54, 1.807) is 0 Å². The van der Waals surface area contributed by atoms with E-state index in [4.69, 9.17) is 0 Å². The highest BCUT2D eigenvalue weighted by atomic mass is 16.2. The maximum Gasteiger partial charge on any atom is 0.247 e. The highest BCUT2D eigenvalue weighted by molar-refractivity contribution is 5.86. The summed E-state index contributed by atoms with van der Waals surface area (Å²) in [6, 6.07) is 18.2. The third-order valence-electron chi connectivity index (χ3n) is 3.99. The van der Waals surface area contributed by atoms with Crippen molar-refractivity contribution in [2.75, 3.05) is 5.32 Å². The number of benzene rings is 2. The van der Waals surface area contributed by atoms with Crippen LogP contribution in [0.1, 0.15) is 36.9 Å². The van der Waals surface area contributed by atoms with Gasteiger partial charge < -0.3 is 10.6 Å². The fourth-order valence-electron chi connectivity index (χ4n) is 2.46. The second-order valence-electron chi connectivity index (χ2n) is 5.82. The number of nitrogens with one attached hydrogen (secondary N) is 2. The minimum absolute atomic E-state index is 0.0493. The number of anilines is 1.